The van der Waals surface area contributed by atoms with Gasteiger partial charge in [-0.1, -0.05) is 19.1 Å². The number of carbonyl (C=O) groups is 1. The third-order valence-corrected chi connectivity index (χ3v) is 4.13. The van der Waals surface area contributed by atoms with Crippen LogP contribution in [-0.2, 0) is 9.53 Å². The maximum Gasteiger partial charge on any atom is 0.152 e. The zero-order valence-corrected chi connectivity index (χ0v) is 9.01. The van der Waals surface area contributed by atoms with Crippen molar-refractivity contribution in [3.05, 3.63) is 12.2 Å². The van der Waals surface area contributed by atoms with Crippen molar-refractivity contribution in [1.82, 2.24) is 0 Å². The van der Waals surface area contributed by atoms with Crippen molar-refractivity contribution >= 4 is 6.29 Å². The van der Waals surface area contributed by atoms with Crippen molar-refractivity contribution < 1.29 is 9.53 Å². The first-order chi connectivity index (χ1) is 6.55. The number of hydrogen-bond acceptors (Lipinski definition) is 2. The summed E-state index contributed by atoms with van der Waals surface area (Å²) < 4.78 is 5.44. The van der Waals surface area contributed by atoms with Gasteiger partial charge >= 0.3 is 0 Å². The molecule has 2 heteroatoms. The molecular weight excluding hydrogens is 176 g/mol. The highest BCUT2D eigenvalue weighted by molar-refractivity contribution is 5.65. The second-order valence-electron chi connectivity index (χ2n) is 5.18. The Kier molecular flexibility index (Phi) is 2.07. The number of methoxy groups -OCH3 is 1. The van der Waals surface area contributed by atoms with Gasteiger partial charge in [0.1, 0.15) is 5.60 Å². The molecule has 2 fully saturated rings. The second-order valence-corrected chi connectivity index (χ2v) is 5.18. The molecule has 0 N–H and O–H groups in total. The number of carbonyl (C=O) groups excluding carboxylic acids is 1. The maximum absolute atomic E-state index is 11.2. The Hall–Kier alpha value is -0.630. The van der Waals surface area contributed by atoms with Crippen molar-refractivity contribution in [3.63, 3.8) is 0 Å². The second kappa shape index (κ2) is 2.93. The van der Waals surface area contributed by atoms with Gasteiger partial charge in [-0.15, -0.1) is 0 Å². The molecule has 0 aromatic rings. The Labute approximate surface area is 85.3 Å². The lowest BCUT2D eigenvalue weighted by atomic mass is 9.70. The lowest BCUT2D eigenvalue weighted by molar-refractivity contribution is -0.138. The van der Waals surface area contributed by atoms with Gasteiger partial charge in [-0.05, 0) is 31.1 Å². The van der Waals surface area contributed by atoms with E-state index >= 15 is 0 Å². The molecule has 2 nitrogen and oxygen atoms in total. The van der Waals surface area contributed by atoms with Crippen molar-refractivity contribution in [1.29, 1.82) is 0 Å². The monoisotopic (exact) mass is 194 g/mol. The van der Waals surface area contributed by atoms with Crippen LogP contribution in [0.15, 0.2) is 12.2 Å². The average molecular weight is 194 g/mol. The van der Waals surface area contributed by atoms with Crippen LogP contribution in [0.3, 0.4) is 0 Å². The summed E-state index contributed by atoms with van der Waals surface area (Å²) in [4.78, 5) is 11.2. The molecule has 0 aliphatic heterocycles. The molecule has 0 aromatic carbocycles. The van der Waals surface area contributed by atoms with E-state index in [2.05, 4.69) is 13.5 Å². The summed E-state index contributed by atoms with van der Waals surface area (Å²) in [7, 11) is 1.64. The molecule has 2 aliphatic rings. The Morgan fingerprint density at radius 2 is 2.29 bits per heavy atom. The molecule has 3 unspecified atom stereocenters. The summed E-state index contributed by atoms with van der Waals surface area (Å²) in [6.07, 6.45) is 5.06. The lowest BCUT2D eigenvalue weighted by Crippen LogP contribution is -2.45. The standard InChI is InChI=1S/C12H18O2/c1-9-6-11(2)4-5-12(8-13,14-3)10(9)7-11/h8,10H,1,4-7H2,2-3H3. The Morgan fingerprint density at radius 3 is 2.86 bits per heavy atom. The van der Waals surface area contributed by atoms with Crippen LogP contribution in [-0.4, -0.2) is 19.0 Å². The largest absolute Gasteiger partial charge is 0.370 e. The SMILES string of the molecule is C=C1CC2(C)CCC(C=O)(OC)C1C2. The van der Waals surface area contributed by atoms with E-state index in [1.54, 1.807) is 7.11 Å². The van der Waals surface area contributed by atoms with Crippen LogP contribution < -0.4 is 0 Å². The van der Waals surface area contributed by atoms with Crippen LogP contribution in [0.5, 0.6) is 0 Å². The molecule has 2 rings (SSSR count). The summed E-state index contributed by atoms with van der Waals surface area (Å²) in [5, 5.41) is 0. The predicted molar refractivity (Wildman–Crippen MR) is 55.0 cm³/mol. The van der Waals surface area contributed by atoms with Crippen molar-refractivity contribution in [2.75, 3.05) is 7.11 Å². The van der Waals surface area contributed by atoms with E-state index in [1.807, 2.05) is 0 Å². The van der Waals surface area contributed by atoms with Crippen molar-refractivity contribution in [2.24, 2.45) is 11.3 Å². The number of rotatable bonds is 2. The first kappa shape index (κ1) is 9.91. The van der Waals surface area contributed by atoms with E-state index < -0.39 is 5.60 Å². The summed E-state index contributed by atoms with van der Waals surface area (Å²) in [5.74, 6) is 0.253. The molecule has 2 bridgehead atoms. The predicted octanol–water partition coefficient (Wildman–Crippen LogP) is 2.34. The van der Waals surface area contributed by atoms with E-state index in [0.717, 1.165) is 32.0 Å². The summed E-state index contributed by atoms with van der Waals surface area (Å²) in [6, 6.07) is 0. The number of aldehydes is 1. The number of ether oxygens (including phenoxy) is 1. The van der Waals surface area contributed by atoms with Crippen molar-refractivity contribution in [3.8, 4) is 0 Å². The minimum Gasteiger partial charge on any atom is -0.370 e. The molecule has 0 amide bonds. The van der Waals surface area contributed by atoms with Gasteiger partial charge in [-0.3, -0.25) is 0 Å². The third-order valence-electron chi connectivity index (χ3n) is 4.13. The zero-order chi connectivity index (χ0) is 10.4. The quantitative estimate of drug-likeness (QED) is 0.498. The van der Waals surface area contributed by atoms with E-state index in [1.165, 1.54) is 5.57 Å². The first-order valence-electron chi connectivity index (χ1n) is 5.24. The fraction of sp³-hybridized carbons (Fsp3) is 0.750. The minimum absolute atomic E-state index is 0.253. The fourth-order valence-electron chi connectivity index (χ4n) is 3.19. The highest BCUT2D eigenvalue weighted by atomic mass is 16.5. The lowest BCUT2D eigenvalue weighted by Gasteiger charge is -2.40. The Bertz CT molecular complexity index is 284. The molecule has 0 saturated heterocycles. The van der Waals surface area contributed by atoms with Gasteiger partial charge in [0.05, 0.1) is 0 Å². The van der Waals surface area contributed by atoms with Gasteiger partial charge in [0, 0.05) is 13.0 Å². The molecule has 0 aromatic heterocycles. The van der Waals surface area contributed by atoms with E-state index in [4.69, 9.17) is 4.74 Å². The Balaban J connectivity index is 2.34. The average Bonchev–Trinajstić information content (AvgIpc) is 2.42. The van der Waals surface area contributed by atoms with Crippen LogP contribution in [0.2, 0.25) is 0 Å². The highest BCUT2D eigenvalue weighted by Crippen LogP contribution is 2.57. The molecule has 0 radical (unpaired) electrons. The van der Waals surface area contributed by atoms with E-state index in [-0.39, 0.29) is 5.92 Å². The molecule has 14 heavy (non-hydrogen) atoms. The summed E-state index contributed by atoms with van der Waals surface area (Å²) >= 11 is 0. The van der Waals surface area contributed by atoms with E-state index in [9.17, 15) is 4.79 Å². The fourth-order valence-corrected chi connectivity index (χ4v) is 3.19. The third kappa shape index (κ3) is 1.17. The van der Waals surface area contributed by atoms with Crippen LogP contribution in [0.25, 0.3) is 0 Å². The van der Waals surface area contributed by atoms with Gasteiger partial charge in [-0.2, -0.15) is 0 Å². The van der Waals surface area contributed by atoms with Gasteiger partial charge < -0.3 is 9.53 Å². The molecular formula is C12H18O2. The highest BCUT2D eigenvalue weighted by Gasteiger charge is 2.53. The molecule has 78 valence electrons. The summed E-state index contributed by atoms with van der Waals surface area (Å²) in [6.45, 7) is 6.39. The summed E-state index contributed by atoms with van der Waals surface area (Å²) in [5.41, 5.74) is 1.03. The normalized spacial score (nSPS) is 46.7. The first-order valence-corrected chi connectivity index (χ1v) is 5.24. The number of hydrogen-bond donors (Lipinski definition) is 0. The van der Waals surface area contributed by atoms with Crippen molar-refractivity contribution in [2.45, 2.75) is 38.2 Å². The van der Waals surface area contributed by atoms with Crippen LogP contribution in [0.4, 0.5) is 0 Å². The molecule has 2 aliphatic carbocycles. The molecule has 0 heterocycles. The van der Waals surface area contributed by atoms with Gasteiger partial charge in [-0.25, -0.2) is 0 Å². The molecule has 2 saturated carbocycles. The zero-order valence-electron chi connectivity index (χ0n) is 9.01. The van der Waals surface area contributed by atoms with E-state index in [0.29, 0.717) is 5.41 Å². The molecule has 0 spiro atoms. The van der Waals surface area contributed by atoms with Gasteiger partial charge in [0.15, 0.2) is 6.29 Å². The van der Waals surface area contributed by atoms with Crippen LogP contribution in [0, 0.1) is 11.3 Å². The van der Waals surface area contributed by atoms with Gasteiger partial charge in [0.25, 0.3) is 0 Å². The minimum atomic E-state index is -0.562. The van der Waals surface area contributed by atoms with Crippen LogP contribution >= 0.6 is 0 Å². The number of fused-ring (bicyclic) bond motifs is 2. The Morgan fingerprint density at radius 1 is 1.57 bits per heavy atom. The smallest absolute Gasteiger partial charge is 0.152 e. The van der Waals surface area contributed by atoms with Gasteiger partial charge in [0.2, 0.25) is 0 Å². The van der Waals surface area contributed by atoms with Crippen LogP contribution in [0.1, 0.15) is 32.6 Å². The maximum atomic E-state index is 11.2. The molecule has 3 atom stereocenters. The topological polar surface area (TPSA) is 26.3 Å².